The number of carbonyl (C=O) groups is 2. The molecule has 45 heavy (non-hydrogen) atoms. The van der Waals surface area contributed by atoms with E-state index >= 15 is 0 Å². The number of nitrogens with one attached hydrogen (secondary N) is 1. The van der Waals surface area contributed by atoms with Gasteiger partial charge in [-0.25, -0.2) is 19.4 Å². The molecule has 19 heteroatoms. The zero-order valence-corrected chi connectivity index (χ0v) is 27.4. The van der Waals surface area contributed by atoms with Gasteiger partial charge in [-0.2, -0.15) is 9.97 Å². The molecule has 18 nitrogen and oxygen atoms in total. The largest absolute Gasteiger partial charge is 0.510 e. The number of rotatable bonds is 15. The zero-order chi connectivity index (χ0) is 33.7. The topological polar surface area (TPSA) is 238 Å². The van der Waals surface area contributed by atoms with Gasteiger partial charge in [0.05, 0.1) is 32.3 Å². The molecule has 2 aromatic heterocycles. The van der Waals surface area contributed by atoms with Crippen LogP contribution in [0.2, 0.25) is 0 Å². The molecule has 3 rings (SSSR count). The quantitative estimate of drug-likeness (QED) is 0.121. The third-order valence-corrected chi connectivity index (χ3v) is 7.97. The maximum absolute atomic E-state index is 14.0. The van der Waals surface area contributed by atoms with Crippen LogP contribution in [0.3, 0.4) is 0 Å². The molecule has 2 aromatic rings. The van der Waals surface area contributed by atoms with Crippen molar-refractivity contribution in [2.75, 3.05) is 26.2 Å². The highest BCUT2D eigenvalue weighted by molar-refractivity contribution is 7.51. The molecule has 0 spiro atoms. The lowest BCUT2D eigenvalue weighted by atomic mass is 9.96. The molecule has 1 fully saturated rings. The molecule has 0 amide bonds. The number of fused-ring (bicyclic) bond motifs is 1. The molecule has 0 aromatic carbocycles. The van der Waals surface area contributed by atoms with Gasteiger partial charge in [0.25, 0.3) is 0 Å². The molecule has 0 aliphatic carbocycles. The summed E-state index contributed by atoms with van der Waals surface area (Å²) in [6, 6.07) is -1.15. The number of aromatic nitrogens is 4. The number of aliphatic hydroxyl groups excluding tert-OH is 1. The van der Waals surface area contributed by atoms with Gasteiger partial charge in [0.2, 0.25) is 18.6 Å². The summed E-state index contributed by atoms with van der Waals surface area (Å²) in [4.78, 5) is 37.1. The fraction of sp³-hybridized carbons (Fsp3) is 0.731. The Labute approximate surface area is 260 Å². The minimum Gasteiger partial charge on any atom is -0.479 e. The van der Waals surface area contributed by atoms with E-state index in [0.717, 1.165) is 0 Å². The first-order valence-corrected chi connectivity index (χ1v) is 15.8. The first kappa shape index (κ1) is 36.3. The molecular weight excluding hydrogens is 619 g/mol. The maximum atomic E-state index is 14.0. The summed E-state index contributed by atoms with van der Waals surface area (Å²) < 4.78 is 52.4. The number of imidazole rings is 1. The number of nitrogens with zero attached hydrogens (tertiary/aromatic N) is 4. The Bertz CT molecular complexity index is 1370. The van der Waals surface area contributed by atoms with E-state index in [4.69, 9.17) is 38.5 Å². The number of aliphatic hydroxyl groups is 2. The van der Waals surface area contributed by atoms with E-state index in [1.165, 1.54) is 24.9 Å². The highest BCUT2D eigenvalue weighted by atomic mass is 31.2. The van der Waals surface area contributed by atoms with Crippen LogP contribution in [0.4, 0.5) is 10.7 Å². The number of hydrogen-bond acceptors (Lipinski definition) is 16. The number of esters is 1. The SMILES string of the molecule is COc1nc(N)nc2c1ncn2C1OC(COP(=O)(NC(CC(C)C)C(=O)OC(C)C)OCOC(=O)OC(C)C)C(O)C1(C)O. The summed E-state index contributed by atoms with van der Waals surface area (Å²) in [5.41, 5.74) is 4.24. The monoisotopic (exact) mass is 662 g/mol. The van der Waals surface area contributed by atoms with Gasteiger partial charge in [0.15, 0.2) is 17.4 Å². The minimum absolute atomic E-state index is 0.0507. The summed E-state index contributed by atoms with van der Waals surface area (Å²) in [5, 5.41) is 24.9. The lowest BCUT2D eigenvalue weighted by Crippen LogP contribution is -2.44. The fourth-order valence-electron chi connectivity index (χ4n) is 4.43. The number of anilines is 1. The number of carbonyl (C=O) groups excluding carboxylic acids is 2. The molecule has 0 radical (unpaired) electrons. The van der Waals surface area contributed by atoms with Crippen LogP contribution in [0.25, 0.3) is 11.2 Å². The van der Waals surface area contributed by atoms with E-state index in [2.05, 4.69) is 20.0 Å². The number of nitrogens with two attached hydrogens (primary N) is 1. The number of nitrogen functional groups attached to an aromatic ring is 1. The Morgan fingerprint density at radius 3 is 2.42 bits per heavy atom. The zero-order valence-electron chi connectivity index (χ0n) is 26.5. The smallest absolute Gasteiger partial charge is 0.479 e. The Morgan fingerprint density at radius 2 is 1.82 bits per heavy atom. The van der Waals surface area contributed by atoms with E-state index in [9.17, 15) is 24.4 Å². The molecule has 1 aliphatic heterocycles. The van der Waals surface area contributed by atoms with Gasteiger partial charge in [-0.05, 0) is 47.0 Å². The van der Waals surface area contributed by atoms with Crippen molar-refractivity contribution >= 4 is 37.0 Å². The van der Waals surface area contributed by atoms with Crippen molar-refractivity contribution in [3.63, 3.8) is 0 Å². The van der Waals surface area contributed by atoms with Crippen LogP contribution in [0.5, 0.6) is 5.88 Å². The molecule has 3 heterocycles. The van der Waals surface area contributed by atoms with E-state index in [-0.39, 0.29) is 35.3 Å². The third kappa shape index (κ3) is 9.22. The number of ether oxygens (including phenoxy) is 5. The predicted molar refractivity (Wildman–Crippen MR) is 157 cm³/mol. The first-order chi connectivity index (χ1) is 21.0. The minimum atomic E-state index is -4.51. The number of methoxy groups -OCH3 is 1. The van der Waals surface area contributed by atoms with E-state index in [1.807, 2.05) is 13.8 Å². The van der Waals surface area contributed by atoms with E-state index < -0.39 is 75.6 Å². The van der Waals surface area contributed by atoms with Crippen molar-refractivity contribution in [3.8, 4) is 5.88 Å². The van der Waals surface area contributed by atoms with Gasteiger partial charge in [0.1, 0.15) is 23.9 Å². The van der Waals surface area contributed by atoms with Crippen LogP contribution in [0.15, 0.2) is 6.33 Å². The normalized spacial score (nSPS) is 23.8. The van der Waals surface area contributed by atoms with Gasteiger partial charge in [0, 0.05) is 0 Å². The molecule has 5 N–H and O–H groups in total. The average molecular weight is 663 g/mol. The average Bonchev–Trinajstić information content (AvgIpc) is 3.43. The fourth-order valence-corrected chi connectivity index (χ4v) is 5.78. The Balaban J connectivity index is 1.84. The number of hydrogen-bond donors (Lipinski definition) is 4. The van der Waals surface area contributed by atoms with Crippen molar-refractivity contribution in [2.45, 2.75) is 97.2 Å². The predicted octanol–water partition coefficient (Wildman–Crippen LogP) is 2.04. The lowest BCUT2D eigenvalue weighted by molar-refractivity contribution is -0.150. The second kappa shape index (κ2) is 15.0. The highest BCUT2D eigenvalue weighted by Gasteiger charge is 2.54. The van der Waals surface area contributed by atoms with Crippen molar-refractivity contribution in [1.29, 1.82) is 0 Å². The Hall–Kier alpha value is -3.12. The second-order valence-electron chi connectivity index (χ2n) is 11.5. The van der Waals surface area contributed by atoms with Gasteiger partial charge < -0.3 is 39.6 Å². The summed E-state index contributed by atoms with van der Waals surface area (Å²) in [5.74, 6) is -0.806. The second-order valence-corrected chi connectivity index (χ2v) is 13.3. The summed E-state index contributed by atoms with van der Waals surface area (Å²) >= 11 is 0. The van der Waals surface area contributed by atoms with Crippen LogP contribution in [-0.4, -0.2) is 98.4 Å². The Kier molecular flexibility index (Phi) is 12.1. The van der Waals surface area contributed by atoms with E-state index in [0.29, 0.717) is 0 Å². The van der Waals surface area contributed by atoms with Crippen LogP contribution in [0, 0.1) is 5.92 Å². The van der Waals surface area contributed by atoms with Crippen LogP contribution < -0.4 is 15.6 Å². The lowest BCUT2D eigenvalue weighted by Gasteiger charge is -2.28. The van der Waals surface area contributed by atoms with Crippen LogP contribution in [0.1, 0.15) is 61.1 Å². The summed E-state index contributed by atoms with van der Waals surface area (Å²) in [7, 11) is -3.13. The maximum Gasteiger partial charge on any atom is 0.510 e. The van der Waals surface area contributed by atoms with Crippen LogP contribution >= 0.6 is 7.75 Å². The Morgan fingerprint density at radius 1 is 1.16 bits per heavy atom. The summed E-state index contributed by atoms with van der Waals surface area (Å²) in [6.07, 6.45) is -4.72. The molecule has 254 valence electrons. The van der Waals surface area contributed by atoms with Gasteiger partial charge in [-0.15, -0.1) is 0 Å². The van der Waals surface area contributed by atoms with Gasteiger partial charge >= 0.3 is 19.9 Å². The summed E-state index contributed by atoms with van der Waals surface area (Å²) in [6.45, 7) is 10.0. The molecule has 6 atom stereocenters. The third-order valence-electron chi connectivity index (χ3n) is 6.40. The molecule has 6 unspecified atom stereocenters. The highest BCUT2D eigenvalue weighted by Crippen LogP contribution is 2.47. The van der Waals surface area contributed by atoms with Crippen molar-refractivity contribution in [2.24, 2.45) is 5.92 Å². The van der Waals surface area contributed by atoms with Crippen molar-refractivity contribution in [1.82, 2.24) is 24.6 Å². The van der Waals surface area contributed by atoms with Crippen LogP contribution in [-0.2, 0) is 37.4 Å². The first-order valence-electron chi connectivity index (χ1n) is 14.3. The van der Waals surface area contributed by atoms with Gasteiger partial charge in [-0.3, -0.25) is 18.4 Å². The van der Waals surface area contributed by atoms with Crippen molar-refractivity contribution in [3.05, 3.63) is 6.33 Å². The van der Waals surface area contributed by atoms with Crippen molar-refractivity contribution < 1.29 is 57.1 Å². The molecule has 1 saturated heterocycles. The molecule has 0 saturated carbocycles. The standard InChI is InChI=1S/C26H43N6O12P/c1-13(2)9-16(22(34)42-14(3)4)31-45(37,41-12-39-25(35)43-15(5)6)40-10-17-19(33)26(7,36)23(44-17)32-11-28-18-20(32)29-24(27)30-21(18)38-8/h11,13-17,19,23,33,36H,9-10,12H2,1-8H3,(H,31,37)(H2,27,29,30). The molecule has 1 aliphatic rings. The molecule has 0 bridgehead atoms. The van der Waals surface area contributed by atoms with E-state index in [1.54, 1.807) is 27.7 Å². The van der Waals surface area contributed by atoms with Gasteiger partial charge in [-0.1, -0.05) is 13.8 Å². The molecular formula is C26H43N6O12P.